The number of urea groups is 1. The lowest BCUT2D eigenvalue weighted by atomic mass is 10.2. The van der Waals surface area contributed by atoms with Gasteiger partial charge < -0.3 is 10.6 Å². The highest BCUT2D eigenvalue weighted by Crippen LogP contribution is 2.19. The molecule has 1 unspecified atom stereocenters. The van der Waals surface area contributed by atoms with Gasteiger partial charge in [0.15, 0.2) is 0 Å². The van der Waals surface area contributed by atoms with E-state index < -0.39 is 18.0 Å². The molecule has 1 aromatic rings. The maximum atomic E-state index is 11.7. The lowest BCUT2D eigenvalue weighted by Crippen LogP contribution is -2.36. The van der Waals surface area contributed by atoms with Gasteiger partial charge in [0, 0.05) is 24.3 Å². The first-order valence-corrected chi connectivity index (χ1v) is 7.66. The van der Waals surface area contributed by atoms with Crippen LogP contribution in [-0.2, 0) is 16.0 Å². The molecule has 2 heterocycles. The molecule has 21 heavy (non-hydrogen) atoms. The second kappa shape index (κ2) is 6.66. The highest BCUT2D eigenvalue weighted by atomic mass is 32.1. The third-order valence-corrected chi connectivity index (χ3v) is 4.21. The standard InChI is InChI=1S/C13H18N4O3S/c1-7(2)12-15-8(6-21-12)3-4-14-10(18)5-9-11(19)17-13(20)16-9/h6-7,9H,3-5H2,1-2H3,(H,14,18)(H2,16,17,19,20). The van der Waals surface area contributed by atoms with Gasteiger partial charge in [-0.1, -0.05) is 13.8 Å². The van der Waals surface area contributed by atoms with Crippen LogP contribution in [0.3, 0.4) is 0 Å². The minimum absolute atomic E-state index is 0.0497. The molecule has 0 spiro atoms. The minimum atomic E-state index is -0.774. The van der Waals surface area contributed by atoms with Crippen molar-refractivity contribution >= 4 is 29.2 Å². The summed E-state index contributed by atoms with van der Waals surface area (Å²) in [5, 5.41) is 10.3. The van der Waals surface area contributed by atoms with E-state index >= 15 is 0 Å². The van der Waals surface area contributed by atoms with E-state index in [4.69, 9.17) is 0 Å². The number of carbonyl (C=O) groups is 3. The van der Waals surface area contributed by atoms with Crippen LogP contribution >= 0.6 is 11.3 Å². The van der Waals surface area contributed by atoms with E-state index in [2.05, 4.69) is 34.8 Å². The predicted molar refractivity (Wildman–Crippen MR) is 78.0 cm³/mol. The fourth-order valence-electron chi connectivity index (χ4n) is 1.89. The van der Waals surface area contributed by atoms with Crippen LogP contribution in [0.2, 0.25) is 0 Å². The fourth-order valence-corrected chi connectivity index (χ4v) is 2.76. The van der Waals surface area contributed by atoms with E-state index in [-0.39, 0.29) is 12.3 Å². The summed E-state index contributed by atoms with van der Waals surface area (Å²) in [5.74, 6) is -0.323. The summed E-state index contributed by atoms with van der Waals surface area (Å²) in [6.07, 6.45) is 0.601. The van der Waals surface area contributed by atoms with Gasteiger partial charge in [0.05, 0.1) is 17.1 Å². The third kappa shape index (κ3) is 4.25. The number of carbonyl (C=O) groups excluding carboxylic acids is 3. The monoisotopic (exact) mass is 310 g/mol. The van der Waals surface area contributed by atoms with Crippen molar-refractivity contribution < 1.29 is 14.4 Å². The van der Waals surface area contributed by atoms with E-state index in [1.807, 2.05) is 5.38 Å². The van der Waals surface area contributed by atoms with Crippen molar-refractivity contribution in [3.05, 3.63) is 16.1 Å². The van der Waals surface area contributed by atoms with Gasteiger partial charge in [0.1, 0.15) is 6.04 Å². The van der Waals surface area contributed by atoms with Gasteiger partial charge in [0.25, 0.3) is 5.91 Å². The number of nitrogens with one attached hydrogen (secondary N) is 3. The first kappa shape index (κ1) is 15.4. The Labute approximate surface area is 126 Å². The molecule has 0 bridgehead atoms. The minimum Gasteiger partial charge on any atom is -0.356 e. The Morgan fingerprint density at radius 1 is 1.48 bits per heavy atom. The summed E-state index contributed by atoms with van der Waals surface area (Å²) in [5.41, 5.74) is 0.955. The van der Waals surface area contributed by atoms with E-state index in [1.165, 1.54) is 0 Å². The second-order valence-corrected chi connectivity index (χ2v) is 6.04. The lowest BCUT2D eigenvalue weighted by molar-refractivity contribution is -0.126. The van der Waals surface area contributed by atoms with Crippen molar-refractivity contribution in [1.29, 1.82) is 0 Å². The number of rotatable bonds is 6. The second-order valence-electron chi connectivity index (χ2n) is 5.15. The summed E-state index contributed by atoms with van der Waals surface area (Å²) in [4.78, 5) is 38.4. The number of hydrogen-bond donors (Lipinski definition) is 3. The van der Waals surface area contributed by atoms with E-state index in [0.29, 0.717) is 18.9 Å². The van der Waals surface area contributed by atoms with Gasteiger partial charge in [-0.3, -0.25) is 14.9 Å². The van der Waals surface area contributed by atoms with E-state index in [9.17, 15) is 14.4 Å². The molecule has 114 valence electrons. The number of imide groups is 1. The Hall–Kier alpha value is -1.96. The average molecular weight is 310 g/mol. The molecule has 1 atom stereocenters. The summed E-state index contributed by atoms with van der Waals surface area (Å²) >= 11 is 1.62. The van der Waals surface area contributed by atoms with Crippen LogP contribution in [0.5, 0.6) is 0 Å². The molecule has 1 aromatic heterocycles. The van der Waals surface area contributed by atoms with Gasteiger partial charge in [-0.15, -0.1) is 11.3 Å². The smallest absolute Gasteiger partial charge is 0.322 e. The maximum Gasteiger partial charge on any atom is 0.322 e. The highest BCUT2D eigenvalue weighted by molar-refractivity contribution is 7.09. The number of hydrogen-bond acceptors (Lipinski definition) is 5. The largest absolute Gasteiger partial charge is 0.356 e. The van der Waals surface area contributed by atoms with Crippen molar-refractivity contribution in [2.45, 2.75) is 38.6 Å². The van der Waals surface area contributed by atoms with Crippen LogP contribution in [-0.4, -0.2) is 35.4 Å². The molecule has 1 fully saturated rings. The number of aromatic nitrogens is 1. The molecule has 0 radical (unpaired) electrons. The van der Waals surface area contributed by atoms with E-state index in [1.54, 1.807) is 11.3 Å². The molecule has 0 aliphatic carbocycles. The lowest BCUT2D eigenvalue weighted by Gasteiger charge is -2.07. The zero-order valence-corrected chi connectivity index (χ0v) is 12.8. The highest BCUT2D eigenvalue weighted by Gasteiger charge is 2.31. The molecule has 1 aliphatic heterocycles. The first-order chi connectivity index (χ1) is 9.95. The zero-order valence-electron chi connectivity index (χ0n) is 11.9. The van der Waals surface area contributed by atoms with Crippen LogP contribution in [0.25, 0.3) is 0 Å². The normalized spacial score (nSPS) is 17.8. The number of nitrogens with zero attached hydrogens (tertiary/aromatic N) is 1. The van der Waals surface area contributed by atoms with Crippen molar-refractivity contribution in [2.24, 2.45) is 0 Å². The Balaban J connectivity index is 1.71. The summed E-state index contributed by atoms with van der Waals surface area (Å²) < 4.78 is 0. The number of thiazole rings is 1. The molecular weight excluding hydrogens is 292 g/mol. The molecule has 8 heteroatoms. The fraction of sp³-hybridized carbons (Fsp3) is 0.538. The van der Waals surface area contributed by atoms with Gasteiger partial charge >= 0.3 is 6.03 Å². The van der Waals surface area contributed by atoms with E-state index in [0.717, 1.165) is 10.7 Å². The first-order valence-electron chi connectivity index (χ1n) is 6.78. The quantitative estimate of drug-likeness (QED) is 0.667. The van der Waals surface area contributed by atoms with Crippen molar-refractivity contribution in [2.75, 3.05) is 6.54 Å². The third-order valence-electron chi connectivity index (χ3n) is 3.01. The molecule has 0 aromatic carbocycles. The summed E-state index contributed by atoms with van der Waals surface area (Å²) in [6, 6.07) is -1.33. The van der Waals surface area contributed by atoms with Crippen molar-refractivity contribution in [1.82, 2.24) is 20.9 Å². The SMILES string of the molecule is CC(C)c1nc(CCNC(=O)CC2NC(=O)NC2=O)cs1. The molecule has 1 saturated heterocycles. The Morgan fingerprint density at radius 2 is 2.24 bits per heavy atom. The Kier molecular flexibility index (Phi) is 4.89. The average Bonchev–Trinajstić information content (AvgIpc) is 2.97. The van der Waals surface area contributed by atoms with Gasteiger partial charge in [-0.05, 0) is 0 Å². The topological polar surface area (TPSA) is 100 Å². The Bertz CT molecular complexity index is 555. The molecule has 4 amide bonds. The van der Waals surface area contributed by atoms with Gasteiger partial charge in [-0.25, -0.2) is 9.78 Å². The van der Waals surface area contributed by atoms with Crippen LogP contribution < -0.4 is 16.0 Å². The Morgan fingerprint density at radius 3 is 2.81 bits per heavy atom. The summed E-state index contributed by atoms with van der Waals surface area (Å²) in [7, 11) is 0. The van der Waals surface area contributed by atoms with Crippen molar-refractivity contribution in [3.63, 3.8) is 0 Å². The van der Waals surface area contributed by atoms with Crippen LogP contribution in [0, 0.1) is 0 Å². The molecule has 2 rings (SSSR count). The molecule has 1 aliphatic rings. The molecule has 0 saturated carbocycles. The van der Waals surface area contributed by atoms with Crippen LogP contribution in [0.1, 0.15) is 36.9 Å². The van der Waals surface area contributed by atoms with Gasteiger partial charge in [-0.2, -0.15) is 0 Å². The maximum absolute atomic E-state index is 11.7. The van der Waals surface area contributed by atoms with Crippen molar-refractivity contribution in [3.8, 4) is 0 Å². The molecule has 7 nitrogen and oxygen atoms in total. The van der Waals surface area contributed by atoms with Crippen LogP contribution in [0.4, 0.5) is 4.79 Å². The summed E-state index contributed by atoms with van der Waals surface area (Å²) in [6.45, 7) is 4.64. The number of amides is 4. The van der Waals surface area contributed by atoms with Crippen LogP contribution in [0.15, 0.2) is 5.38 Å². The van der Waals surface area contributed by atoms with Gasteiger partial charge in [0.2, 0.25) is 5.91 Å². The molecular formula is C13H18N4O3S. The molecule has 3 N–H and O–H groups in total. The predicted octanol–water partition coefficient (Wildman–Crippen LogP) is 0.523. The zero-order chi connectivity index (χ0) is 15.4.